The zero-order chi connectivity index (χ0) is 16.3. The van der Waals surface area contributed by atoms with Gasteiger partial charge in [0.25, 0.3) is 5.69 Å². The van der Waals surface area contributed by atoms with Crippen molar-refractivity contribution in [1.29, 1.82) is 0 Å². The summed E-state index contributed by atoms with van der Waals surface area (Å²) in [6.07, 6.45) is 2.86. The Hall–Kier alpha value is -1.71. The molecule has 0 radical (unpaired) electrons. The number of hydrogen-bond acceptors (Lipinski definition) is 6. The normalized spacial score (nSPS) is 19.2. The van der Waals surface area contributed by atoms with Crippen molar-refractivity contribution in [2.75, 3.05) is 24.5 Å². The van der Waals surface area contributed by atoms with Gasteiger partial charge >= 0.3 is 0 Å². The first kappa shape index (κ1) is 16.7. The van der Waals surface area contributed by atoms with Crippen molar-refractivity contribution in [3.05, 3.63) is 28.3 Å². The molecule has 1 aromatic carbocycles. The highest BCUT2D eigenvalue weighted by molar-refractivity contribution is 7.89. The molecule has 1 unspecified atom stereocenters. The van der Waals surface area contributed by atoms with Crippen molar-refractivity contribution in [2.45, 2.75) is 24.2 Å². The molecule has 1 heterocycles. The Morgan fingerprint density at radius 1 is 1.41 bits per heavy atom. The third-order valence-electron chi connectivity index (χ3n) is 3.91. The molecule has 4 N–H and O–H groups in total. The average Bonchev–Trinajstić information content (AvgIpc) is 2.46. The topological polar surface area (TPSA) is 133 Å². The van der Waals surface area contributed by atoms with Crippen LogP contribution >= 0.6 is 0 Å². The van der Waals surface area contributed by atoms with E-state index in [0.29, 0.717) is 31.2 Å². The summed E-state index contributed by atoms with van der Waals surface area (Å²) in [7, 11) is -3.97. The number of benzene rings is 1. The Morgan fingerprint density at radius 2 is 2.14 bits per heavy atom. The van der Waals surface area contributed by atoms with Crippen LogP contribution < -0.4 is 15.8 Å². The van der Waals surface area contributed by atoms with Crippen molar-refractivity contribution in [2.24, 2.45) is 16.8 Å². The highest BCUT2D eigenvalue weighted by Crippen LogP contribution is 2.33. The van der Waals surface area contributed by atoms with Crippen LogP contribution in [0, 0.1) is 16.0 Å². The van der Waals surface area contributed by atoms with Crippen LogP contribution in [-0.4, -0.2) is 33.0 Å². The molecule has 1 aliphatic rings. The number of nitro benzene ring substituents is 1. The lowest BCUT2D eigenvalue weighted by Crippen LogP contribution is -2.36. The molecule has 0 aromatic heterocycles. The number of anilines is 1. The first-order valence-electron chi connectivity index (χ1n) is 7.09. The molecule has 2 rings (SSSR count). The van der Waals surface area contributed by atoms with E-state index in [1.54, 1.807) is 0 Å². The Morgan fingerprint density at radius 3 is 2.73 bits per heavy atom. The number of nitro groups is 1. The molecule has 0 saturated carbocycles. The second-order valence-electron chi connectivity index (χ2n) is 5.48. The number of hydrogen-bond donors (Lipinski definition) is 2. The van der Waals surface area contributed by atoms with Crippen LogP contribution in [0.1, 0.15) is 19.3 Å². The molecule has 0 aliphatic carbocycles. The molecule has 0 spiro atoms. The monoisotopic (exact) mass is 328 g/mol. The van der Waals surface area contributed by atoms with Crippen LogP contribution in [0.5, 0.6) is 0 Å². The second-order valence-corrected chi connectivity index (χ2v) is 7.05. The first-order valence-corrected chi connectivity index (χ1v) is 8.64. The summed E-state index contributed by atoms with van der Waals surface area (Å²) in [6.45, 7) is 1.98. The van der Waals surface area contributed by atoms with Gasteiger partial charge in [-0.1, -0.05) is 0 Å². The van der Waals surface area contributed by atoms with Crippen molar-refractivity contribution < 1.29 is 13.3 Å². The van der Waals surface area contributed by atoms with E-state index in [9.17, 15) is 18.5 Å². The maximum atomic E-state index is 11.4. The van der Waals surface area contributed by atoms with Gasteiger partial charge in [0, 0.05) is 19.2 Å². The minimum absolute atomic E-state index is 0.236. The Balaban J connectivity index is 2.36. The first-order chi connectivity index (χ1) is 10.3. The van der Waals surface area contributed by atoms with Gasteiger partial charge in [-0.25, -0.2) is 13.6 Å². The predicted molar refractivity (Wildman–Crippen MR) is 83.1 cm³/mol. The fourth-order valence-corrected chi connectivity index (χ4v) is 3.38. The molecule has 9 heteroatoms. The predicted octanol–water partition coefficient (Wildman–Crippen LogP) is 0.807. The maximum Gasteiger partial charge on any atom is 0.293 e. The molecular formula is C13H20N4O4S. The Labute approximate surface area is 129 Å². The van der Waals surface area contributed by atoms with E-state index < -0.39 is 14.9 Å². The van der Waals surface area contributed by atoms with Crippen LogP contribution in [-0.2, 0) is 10.0 Å². The second kappa shape index (κ2) is 6.59. The number of piperidine rings is 1. The number of nitrogens with zero attached hydrogens (tertiary/aromatic N) is 2. The summed E-state index contributed by atoms with van der Waals surface area (Å²) in [4.78, 5) is 12.4. The molecular weight excluding hydrogens is 308 g/mol. The summed E-state index contributed by atoms with van der Waals surface area (Å²) in [5.41, 5.74) is 5.78. The van der Waals surface area contributed by atoms with E-state index in [0.717, 1.165) is 25.3 Å². The van der Waals surface area contributed by atoms with Gasteiger partial charge in [-0.2, -0.15) is 0 Å². The minimum atomic E-state index is -3.97. The molecule has 22 heavy (non-hydrogen) atoms. The molecule has 8 nitrogen and oxygen atoms in total. The number of primary sulfonamides is 1. The molecule has 0 amide bonds. The van der Waals surface area contributed by atoms with Crippen LogP contribution in [0.3, 0.4) is 0 Å². The van der Waals surface area contributed by atoms with Gasteiger partial charge in [0.1, 0.15) is 5.69 Å². The van der Waals surface area contributed by atoms with Crippen molar-refractivity contribution in [3.8, 4) is 0 Å². The quantitative estimate of drug-likeness (QED) is 0.607. The van der Waals surface area contributed by atoms with Gasteiger partial charge in [-0.15, -0.1) is 0 Å². The Kier molecular flexibility index (Phi) is 4.99. The zero-order valence-electron chi connectivity index (χ0n) is 12.1. The number of rotatable bonds is 5. The van der Waals surface area contributed by atoms with E-state index in [4.69, 9.17) is 10.9 Å². The highest BCUT2D eigenvalue weighted by atomic mass is 32.2. The fraction of sp³-hybridized carbons (Fsp3) is 0.538. The van der Waals surface area contributed by atoms with E-state index in [2.05, 4.69) is 0 Å². The van der Waals surface area contributed by atoms with Crippen molar-refractivity contribution in [1.82, 2.24) is 0 Å². The number of sulfonamides is 1. The molecule has 1 aromatic rings. The van der Waals surface area contributed by atoms with E-state index >= 15 is 0 Å². The third-order valence-corrected chi connectivity index (χ3v) is 4.82. The molecule has 1 fully saturated rings. The smallest absolute Gasteiger partial charge is 0.293 e. The average molecular weight is 328 g/mol. The molecule has 122 valence electrons. The lowest BCUT2D eigenvalue weighted by Gasteiger charge is -2.34. The van der Waals surface area contributed by atoms with Crippen molar-refractivity contribution in [3.63, 3.8) is 0 Å². The zero-order valence-corrected chi connectivity index (χ0v) is 13.0. The van der Waals surface area contributed by atoms with Gasteiger partial charge in [0.2, 0.25) is 10.0 Å². The molecule has 1 atom stereocenters. The summed E-state index contributed by atoms with van der Waals surface area (Å²) in [5, 5.41) is 16.3. The Bertz CT molecular complexity index is 660. The highest BCUT2D eigenvalue weighted by Gasteiger charge is 2.26. The summed E-state index contributed by atoms with van der Waals surface area (Å²) in [6, 6.07) is 3.80. The molecule has 0 bridgehead atoms. The summed E-state index contributed by atoms with van der Waals surface area (Å²) >= 11 is 0. The SMILES string of the molecule is NCCC1CCCN(c2ccc(S(N)(=O)=O)cc2[N+](=O)[O-])C1. The van der Waals surface area contributed by atoms with Gasteiger partial charge < -0.3 is 10.6 Å². The van der Waals surface area contributed by atoms with E-state index in [1.807, 2.05) is 4.90 Å². The molecule has 1 saturated heterocycles. The standard InChI is InChI=1S/C13H20N4O4S/c14-6-5-10-2-1-7-16(9-10)12-4-3-11(22(15,20)21)8-13(12)17(18)19/h3-4,8,10H,1-2,5-7,9,14H2,(H2,15,20,21). The minimum Gasteiger partial charge on any atom is -0.366 e. The lowest BCUT2D eigenvalue weighted by atomic mass is 9.94. The number of nitrogens with two attached hydrogens (primary N) is 2. The van der Waals surface area contributed by atoms with Gasteiger partial charge in [-0.3, -0.25) is 10.1 Å². The van der Waals surface area contributed by atoms with Crippen LogP contribution in [0.4, 0.5) is 11.4 Å². The van der Waals surface area contributed by atoms with Crippen LogP contribution in [0.2, 0.25) is 0 Å². The van der Waals surface area contributed by atoms with E-state index in [1.165, 1.54) is 12.1 Å². The van der Waals surface area contributed by atoms with E-state index in [-0.39, 0.29) is 10.6 Å². The van der Waals surface area contributed by atoms with Crippen LogP contribution in [0.25, 0.3) is 0 Å². The van der Waals surface area contributed by atoms with Crippen molar-refractivity contribution >= 4 is 21.4 Å². The molecule has 1 aliphatic heterocycles. The van der Waals surface area contributed by atoms with Crippen LogP contribution in [0.15, 0.2) is 23.1 Å². The fourth-order valence-electron chi connectivity index (χ4n) is 2.85. The maximum absolute atomic E-state index is 11.4. The van der Waals surface area contributed by atoms with Gasteiger partial charge in [-0.05, 0) is 43.9 Å². The van der Waals surface area contributed by atoms with Gasteiger partial charge in [0.15, 0.2) is 0 Å². The summed E-state index contributed by atoms with van der Waals surface area (Å²) < 4.78 is 22.7. The van der Waals surface area contributed by atoms with Gasteiger partial charge in [0.05, 0.1) is 9.82 Å². The lowest BCUT2D eigenvalue weighted by molar-refractivity contribution is -0.384. The largest absolute Gasteiger partial charge is 0.366 e. The summed E-state index contributed by atoms with van der Waals surface area (Å²) in [5.74, 6) is 0.399. The third kappa shape index (κ3) is 3.73.